The van der Waals surface area contributed by atoms with Crippen molar-refractivity contribution in [3.05, 3.63) is 29.8 Å². The molecule has 1 aromatic rings. The van der Waals surface area contributed by atoms with E-state index in [2.05, 4.69) is 10.0 Å². The Morgan fingerprint density at radius 2 is 2.00 bits per heavy atom. The monoisotopic (exact) mass is 298 g/mol. The van der Waals surface area contributed by atoms with Gasteiger partial charge in [0.15, 0.2) is 0 Å². The molecule has 1 saturated heterocycles. The predicted octanol–water partition coefficient (Wildman–Crippen LogP) is 1.25. The molecule has 5 nitrogen and oxygen atoms in total. The van der Waals surface area contributed by atoms with E-state index in [9.17, 15) is 8.42 Å². The summed E-state index contributed by atoms with van der Waals surface area (Å²) in [5, 5.41) is 3.03. The smallest absolute Gasteiger partial charge is 0.240 e. The van der Waals surface area contributed by atoms with Crippen LogP contribution in [-0.4, -0.2) is 34.7 Å². The molecule has 0 aromatic heterocycles. The Kier molecular flexibility index (Phi) is 5.54. The minimum absolute atomic E-state index is 0.00193. The van der Waals surface area contributed by atoms with Gasteiger partial charge in [-0.3, -0.25) is 0 Å². The molecular weight excluding hydrogens is 276 g/mol. The molecule has 1 heterocycles. The molecule has 6 heteroatoms. The fraction of sp³-hybridized carbons (Fsp3) is 0.571. The number of ether oxygens (including phenoxy) is 1. The van der Waals surface area contributed by atoms with Crippen molar-refractivity contribution in [3.63, 3.8) is 0 Å². The van der Waals surface area contributed by atoms with Crippen molar-refractivity contribution in [1.82, 2.24) is 10.0 Å². The van der Waals surface area contributed by atoms with Gasteiger partial charge in [0.1, 0.15) is 0 Å². The molecule has 0 aliphatic carbocycles. The van der Waals surface area contributed by atoms with Gasteiger partial charge >= 0.3 is 0 Å². The fourth-order valence-electron chi connectivity index (χ4n) is 2.24. The molecule has 112 valence electrons. The molecule has 1 aromatic carbocycles. The van der Waals surface area contributed by atoms with E-state index in [1.54, 1.807) is 12.1 Å². The van der Waals surface area contributed by atoms with Crippen molar-refractivity contribution >= 4 is 10.0 Å². The standard InChI is InChI=1S/C14H22N2O3S/c1-15-10-12-5-7-14(8-6-12)20(17,18)16-11-13-4-2-3-9-19-13/h5-8,13,15-16H,2-4,9-11H2,1H3. The summed E-state index contributed by atoms with van der Waals surface area (Å²) in [6, 6.07) is 6.91. The summed E-state index contributed by atoms with van der Waals surface area (Å²) >= 11 is 0. The quantitative estimate of drug-likeness (QED) is 0.829. The van der Waals surface area contributed by atoms with Crippen molar-refractivity contribution in [2.45, 2.75) is 36.8 Å². The van der Waals surface area contributed by atoms with Gasteiger partial charge < -0.3 is 10.1 Å². The van der Waals surface area contributed by atoms with Crippen molar-refractivity contribution in [2.75, 3.05) is 20.2 Å². The van der Waals surface area contributed by atoms with Gasteiger partial charge in [-0.25, -0.2) is 13.1 Å². The van der Waals surface area contributed by atoms with Gasteiger partial charge in [-0.1, -0.05) is 12.1 Å². The van der Waals surface area contributed by atoms with Crippen LogP contribution in [0.4, 0.5) is 0 Å². The van der Waals surface area contributed by atoms with Crippen LogP contribution in [0.25, 0.3) is 0 Å². The minimum atomic E-state index is -3.44. The van der Waals surface area contributed by atoms with Gasteiger partial charge in [0.2, 0.25) is 10.0 Å². The average Bonchev–Trinajstić information content (AvgIpc) is 2.47. The molecule has 1 aliphatic heterocycles. The number of nitrogens with one attached hydrogen (secondary N) is 2. The Morgan fingerprint density at radius 1 is 1.25 bits per heavy atom. The summed E-state index contributed by atoms with van der Waals surface area (Å²) in [6.07, 6.45) is 3.09. The van der Waals surface area contributed by atoms with Crippen molar-refractivity contribution in [2.24, 2.45) is 0 Å². The third-order valence-corrected chi connectivity index (χ3v) is 4.83. The van der Waals surface area contributed by atoms with Crippen molar-refractivity contribution in [1.29, 1.82) is 0 Å². The predicted molar refractivity (Wildman–Crippen MR) is 78.0 cm³/mol. The van der Waals surface area contributed by atoms with E-state index in [0.717, 1.165) is 38.0 Å². The highest BCUT2D eigenvalue weighted by molar-refractivity contribution is 7.89. The lowest BCUT2D eigenvalue weighted by molar-refractivity contribution is 0.0200. The molecule has 2 N–H and O–H groups in total. The maximum atomic E-state index is 12.2. The van der Waals surface area contributed by atoms with E-state index < -0.39 is 10.0 Å². The minimum Gasteiger partial charge on any atom is -0.377 e. The highest BCUT2D eigenvalue weighted by Crippen LogP contribution is 2.14. The van der Waals surface area contributed by atoms with Crippen LogP contribution in [0.5, 0.6) is 0 Å². The molecule has 1 atom stereocenters. The Hall–Kier alpha value is -0.950. The van der Waals surface area contributed by atoms with Crippen LogP contribution in [0.3, 0.4) is 0 Å². The third-order valence-electron chi connectivity index (χ3n) is 3.39. The molecule has 1 fully saturated rings. The first kappa shape index (κ1) is 15.4. The van der Waals surface area contributed by atoms with Gasteiger partial charge in [0.05, 0.1) is 11.0 Å². The van der Waals surface area contributed by atoms with E-state index in [0.29, 0.717) is 11.4 Å². The van der Waals surface area contributed by atoms with E-state index in [1.165, 1.54) is 0 Å². The first-order chi connectivity index (χ1) is 9.62. The lowest BCUT2D eigenvalue weighted by atomic mass is 10.1. The molecule has 0 bridgehead atoms. The van der Waals surface area contributed by atoms with Gasteiger partial charge in [0.25, 0.3) is 0 Å². The van der Waals surface area contributed by atoms with Gasteiger partial charge in [0, 0.05) is 19.7 Å². The average molecular weight is 298 g/mol. The summed E-state index contributed by atoms with van der Waals surface area (Å²) in [7, 11) is -1.58. The van der Waals surface area contributed by atoms with Crippen LogP contribution in [-0.2, 0) is 21.3 Å². The molecule has 0 saturated carbocycles. The van der Waals surface area contributed by atoms with Gasteiger partial charge in [-0.05, 0) is 44.0 Å². The second kappa shape index (κ2) is 7.17. The van der Waals surface area contributed by atoms with E-state index >= 15 is 0 Å². The number of sulfonamides is 1. The summed E-state index contributed by atoms with van der Waals surface area (Å²) in [4.78, 5) is 0.299. The third kappa shape index (κ3) is 4.28. The lowest BCUT2D eigenvalue weighted by Crippen LogP contribution is -2.35. The summed E-state index contributed by atoms with van der Waals surface area (Å²) < 4.78 is 32.5. The van der Waals surface area contributed by atoms with Crippen LogP contribution in [0, 0.1) is 0 Å². The number of benzene rings is 1. The van der Waals surface area contributed by atoms with Gasteiger partial charge in [-0.15, -0.1) is 0 Å². The highest BCUT2D eigenvalue weighted by atomic mass is 32.2. The Morgan fingerprint density at radius 3 is 2.60 bits per heavy atom. The molecule has 0 amide bonds. The zero-order valence-electron chi connectivity index (χ0n) is 11.8. The second-order valence-electron chi connectivity index (χ2n) is 5.01. The van der Waals surface area contributed by atoms with E-state index in [4.69, 9.17) is 4.74 Å². The van der Waals surface area contributed by atoms with Crippen LogP contribution >= 0.6 is 0 Å². The zero-order chi connectivity index (χ0) is 14.4. The molecule has 0 spiro atoms. The lowest BCUT2D eigenvalue weighted by Gasteiger charge is -2.22. The molecule has 1 aliphatic rings. The summed E-state index contributed by atoms with van der Waals surface area (Å²) in [5.41, 5.74) is 1.06. The topological polar surface area (TPSA) is 67.4 Å². The Balaban J connectivity index is 1.94. The van der Waals surface area contributed by atoms with Crippen LogP contribution in [0.2, 0.25) is 0 Å². The van der Waals surface area contributed by atoms with E-state index in [-0.39, 0.29) is 6.10 Å². The highest BCUT2D eigenvalue weighted by Gasteiger charge is 2.19. The van der Waals surface area contributed by atoms with Gasteiger partial charge in [-0.2, -0.15) is 0 Å². The first-order valence-electron chi connectivity index (χ1n) is 6.96. The second-order valence-corrected chi connectivity index (χ2v) is 6.78. The maximum absolute atomic E-state index is 12.2. The number of hydrogen-bond acceptors (Lipinski definition) is 4. The number of hydrogen-bond donors (Lipinski definition) is 2. The molecule has 20 heavy (non-hydrogen) atoms. The zero-order valence-corrected chi connectivity index (χ0v) is 12.6. The van der Waals surface area contributed by atoms with Crippen LogP contribution in [0.15, 0.2) is 29.2 Å². The normalized spacial score (nSPS) is 19.9. The van der Waals surface area contributed by atoms with Crippen LogP contribution in [0.1, 0.15) is 24.8 Å². The Bertz CT molecular complexity index is 508. The maximum Gasteiger partial charge on any atom is 0.240 e. The van der Waals surface area contributed by atoms with Crippen LogP contribution < -0.4 is 10.0 Å². The molecule has 1 unspecified atom stereocenters. The largest absolute Gasteiger partial charge is 0.377 e. The first-order valence-corrected chi connectivity index (χ1v) is 8.45. The number of rotatable bonds is 6. The fourth-order valence-corrected chi connectivity index (χ4v) is 3.31. The molecular formula is C14H22N2O3S. The van der Waals surface area contributed by atoms with Crippen molar-refractivity contribution < 1.29 is 13.2 Å². The van der Waals surface area contributed by atoms with E-state index in [1.807, 2.05) is 19.2 Å². The van der Waals surface area contributed by atoms with Crippen molar-refractivity contribution in [3.8, 4) is 0 Å². The summed E-state index contributed by atoms with van der Waals surface area (Å²) in [5.74, 6) is 0. The SMILES string of the molecule is CNCc1ccc(S(=O)(=O)NCC2CCCCO2)cc1. The molecule has 2 rings (SSSR count). The molecule has 0 radical (unpaired) electrons. The Labute approximate surface area is 120 Å². The summed E-state index contributed by atoms with van der Waals surface area (Å²) in [6.45, 7) is 1.80.